The van der Waals surface area contributed by atoms with Crippen molar-refractivity contribution in [3.63, 3.8) is 0 Å². The van der Waals surface area contributed by atoms with E-state index in [9.17, 15) is 4.79 Å². The van der Waals surface area contributed by atoms with Gasteiger partial charge in [0.05, 0.1) is 10.7 Å². The largest absolute Gasteiger partial charge is 0.282 e. The maximum atomic E-state index is 11.9. The van der Waals surface area contributed by atoms with Crippen LogP contribution in [0.3, 0.4) is 0 Å². The Balaban J connectivity index is 2.15. The second-order valence-corrected chi connectivity index (χ2v) is 5.95. The van der Waals surface area contributed by atoms with Crippen molar-refractivity contribution < 1.29 is 0 Å². The molecule has 1 fully saturated rings. The van der Waals surface area contributed by atoms with Crippen molar-refractivity contribution in [3.05, 3.63) is 25.5 Å². The molecule has 1 heterocycles. The van der Waals surface area contributed by atoms with Gasteiger partial charge in [0.1, 0.15) is 4.47 Å². The van der Waals surface area contributed by atoms with Crippen LogP contribution in [0.5, 0.6) is 0 Å². The first kappa shape index (κ1) is 12.3. The van der Waals surface area contributed by atoms with Gasteiger partial charge < -0.3 is 0 Å². The summed E-state index contributed by atoms with van der Waals surface area (Å²) in [6, 6.07) is 0. The molecule has 2 rings (SSSR count). The molecule has 0 unspecified atom stereocenters. The summed E-state index contributed by atoms with van der Waals surface area (Å²) in [7, 11) is 0. The van der Waals surface area contributed by atoms with Gasteiger partial charge in [0.2, 0.25) is 0 Å². The summed E-state index contributed by atoms with van der Waals surface area (Å²) in [5.41, 5.74) is -0.0417. The number of rotatable bonds is 2. The predicted molar refractivity (Wildman–Crippen MR) is 70.5 cm³/mol. The fourth-order valence-electron chi connectivity index (χ4n) is 2.19. The smallest absolute Gasteiger partial charge is 0.266 e. The molecule has 0 saturated heterocycles. The number of halogens is 2. The molecular weight excluding hydrogens is 336 g/mol. The van der Waals surface area contributed by atoms with E-state index in [0.717, 1.165) is 11.0 Å². The van der Waals surface area contributed by atoms with E-state index in [0.29, 0.717) is 10.4 Å². The lowest BCUT2D eigenvalue weighted by atomic mass is 9.89. The number of nitrogens with zero attached hydrogens (tertiary/aromatic N) is 2. The summed E-state index contributed by atoms with van der Waals surface area (Å²) in [4.78, 5) is 11.9. The Kier molecular flexibility index (Phi) is 4.19. The van der Waals surface area contributed by atoms with Crippen LogP contribution in [0.2, 0.25) is 0 Å². The van der Waals surface area contributed by atoms with E-state index in [2.05, 4.69) is 37.0 Å². The Hall–Kier alpha value is -0.160. The minimum absolute atomic E-state index is 0.0417. The average molecular weight is 350 g/mol. The van der Waals surface area contributed by atoms with Crippen molar-refractivity contribution in [1.82, 2.24) is 9.78 Å². The molecule has 16 heavy (non-hydrogen) atoms. The SMILES string of the molecule is O=c1c(Br)c(Br)cnn1CC1CCCCC1. The van der Waals surface area contributed by atoms with Crippen molar-refractivity contribution in [3.8, 4) is 0 Å². The third kappa shape index (κ3) is 2.74. The molecular formula is C11H14Br2N2O. The van der Waals surface area contributed by atoms with Crippen molar-refractivity contribution in [2.75, 3.05) is 0 Å². The Morgan fingerprint density at radius 1 is 1.31 bits per heavy atom. The van der Waals surface area contributed by atoms with Gasteiger partial charge in [0.25, 0.3) is 5.56 Å². The normalized spacial score (nSPS) is 17.6. The fraction of sp³-hybridized carbons (Fsp3) is 0.636. The molecule has 1 aliphatic carbocycles. The Bertz CT molecular complexity index is 424. The van der Waals surface area contributed by atoms with Crippen LogP contribution in [0, 0.1) is 5.92 Å². The third-order valence-corrected chi connectivity index (χ3v) is 5.00. The van der Waals surface area contributed by atoms with E-state index in [4.69, 9.17) is 0 Å². The zero-order chi connectivity index (χ0) is 11.5. The zero-order valence-corrected chi connectivity index (χ0v) is 12.1. The van der Waals surface area contributed by atoms with Gasteiger partial charge in [0.15, 0.2) is 0 Å². The first-order chi connectivity index (χ1) is 7.68. The second kappa shape index (κ2) is 5.45. The summed E-state index contributed by atoms with van der Waals surface area (Å²) in [5.74, 6) is 0.618. The molecule has 1 aromatic rings. The minimum atomic E-state index is -0.0417. The van der Waals surface area contributed by atoms with Gasteiger partial charge in [-0.05, 0) is 50.6 Å². The van der Waals surface area contributed by atoms with E-state index in [1.165, 1.54) is 32.1 Å². The molecule has 5 heteroatoms. The minimum Gasteiger partial charge on any atom is -0.266 e. The molecule has 88 valence electrons. The standard InChI is InChI=1S/C11H14Br2N2O/c12-9-6-14-15(11(16)10(9)13)7-8-4-2-1-3-5-8/h6,8H,1-5,7H2. The summed E-state index contributed by atoms with van der Waals surface area (Å²) in [6.45, 7) is 0.755. The van der Waals surface area contributed by atoms with Crippen molar-refractivity contribution in [2.45, 2.75) is 38.6 Å². The molecule has 3 nitrogen and oxygen atoms in total. The molecule has 1 aliphatic rings. The fourth-order valence-corrected chi connectivity index (χ4v) is 2.76. The molecule has 0 N–H and O–H groups in total. The van der Waals surface area contributed by atoms with Crippen LogP contribution in [0.25, 0.3) is 0 Å². The molecule has 0 bridgehead atoms. The summed E-state index contributed by atoms with van der Waals surface area (Å²) < 4.78 is 2.86. The third-order valence-electron chi connectivity index (χ3n) is 3.10. The van der Waals surface area contributed by atoms with Gasteiger partial charge in [-0.1, -0.05) is 19.3 Å². The van der Waals surface area contributed by atoms with E-state index in [1.807, 2.05) is 0 Å². The summed E-state index contributed by atoms with van der Waals surface area (Å²) in [5, 5.41) is 4.16. The van der Waals surface area contributed by atoms with Crippen molar-refractivity contribution in [1.29, 1.82) is 0 Å². The molecule has 1 saturated carbocycles. The molecule has 1 aromatic heterocycles. The van der Waals surface area contributed by atoms with Crippen LogP contribution in [-0.4, -0.2) is 9.78 Å². The van der Waals surface area contributed by atoms with Crippen LogP contribution < -0.4 is 5.56 Å². The number of hydrogen-bond donors (Lipinski definition) is 0. The van der Waals surface area contributed by atoms with E-state index >= 15 is 0 Å². The molecule has 0 amide bonds. The maximum Gasteiger partial charge on any atom is 0.282 e. The highest BCUT2D eigenvalue weighted by atomic mass is 79.9. The molecule has 0 spiro atoms. The average Bonchev–Trinajstić information content (AvgIpc) is 2.31. The number of aromatic nitrogens is 2. The topological polar surface area (TPSA) is 34.9 Å². The predicted octanol–water partition coefficient (Wildman–Crippen LogP) is 3.35. The van der Waals surface area contributed by atoms with Gasteiger partial charge in [-0.25, -0.2) is 4.68 Å². The summed E-state index contributed by atoms with van der Waals surface area (Å²) >= 11 is 6.56. The molecule has 0 radical (unpaired) electrons. The van der Waals surface area contributed by atoms with Crippen LogP contribution in [-0.2, 0) is 6.54 Å². The highest BCUT2D eigenvalue weighted by molar-refractivity contribution is 9.13. The molecule has 0 aliphatic heterocycles. The van der Waals surface area contributed by atoms with Crippen LogP contribution >= 0.6 is 31.9 Å². The number of hydrogen-bond acceptors (Lipinski definition) is 2. The van der Waals surface area contributed by atoms with E-state index in [-0.39, 0.29) is 5.56 Å². The van der Waals surface area contributed by atoms with Crippen molar-refractivity contribution >= 4 is 31.9 Å². The van der Waals surface area contributed by atoms with Gasteiger partial charge in [-0.2, -0.15) is 5.10 Å². The van der Waals surface area contributed by atoms with Crippen LogP contribution in [0.4, 0.5) is 0 Å². The summed E-state index contributed by atoms with van der Waals surface area (Å²) in [6.07, 6.45) is 8.04. The molecule has 0 aromatic carbocycles. The van der Waals surface area contributed by atoms with E-state index < -0.39 is 0 Å². The Labute approximate surface area is 111 Å². The van der Waals surface area contributed by atoms with Gasteiger partial charge in [-0.15, -0.1) is 0 Å². The van der Waals surface area contributed by atoms with Crippen LogP contribution in [0.1, 0.15) is 32.1 Å². The highest BCUT2D eigenvalue weighted by Gasteiger charge is 2.16. The second-order valence-electron chi connectivity index (χ2n) is 4.30. The lowest BCUT2D eigenvalue weighted by Gasteiger charge is -2.21. The molecule has 0 atom stereocenters. The van der Waals surface area contributed by atoms with Crippen molar-refractivity contribution in [2.24, 2.45) is 5.92 Å². The van der Waals surface area contributed by atoms with Gasteiger partial charge in [0, 0.05) is 6.54 Å². The Morgan fingerprint density at radius 2 is 2.00 bits per heavy atom. The monoisotopic (exact) mass is 348 g/mol. The lowest BCUT2D eigenvalue weighted by Crippen LogP contribution is -2.27. The lowest BCUT2D eigenvalue weighted by molar-refractivity contribution is 0.302. The Morgan fingerprint density at radius 3 is 2.69 bits per heavy atom. The van der Waals surface area contributed by atoms with Gasteiger partial charge in [-0.3, -0.25) is 4.79 Å². The van der Waals surface area contributed by atoms with Crippen LogP contribution in [0.15, 0.2) is 19.9 Å². The first-order valence-electron chi connectivity index (χ1n) is 5.59. The first-order valence-corrected chi connectivity index (χ1v) is 7.18. The maximum absolute atomic E-state index is 11.9. The van der Waals surface area contributed by atoms with Gasteiger partial charge >= 0.3 is 0 Å². The zero-order valence-electron chi connectivity index (χ0n) is 8.96. The quantitative estimate of drug-likeness (QED) is 0.820. The van der Waals surface area contributed by atoms with E-state index in [1.54, 1.807) is 10.9 Å². The highest BCUT2D eigenvalue weighted by Crippen LogP contribution is 2.25.